The Hall–Kier alpha value is -0.910. The highest BCUT2D eigenvalue weighted by molar-refractivity contribution is 7.89. The van der Waals surface area contributed by atoms with E-state index in [2.05, 4.69) is 41.2 Å². The third-order valence-electron chi connectivity index (χ3n) is 3.83. The smallest absolute Gasteiger partial charge is 0.211 e. The van der Waals surface area contributed by atoms with E-state index in [1.165, 1.54) is 11.1 Å². The summed E-state index contributed by atoms with van der Waals surface area (Å²) in [6.45, 7) is 6.20. The molecule has 0 spiro atoms. The van der Waals surface area contributed by atoms with Gasteiger partial charge in [0.2, 0.25) is 10.0 Å². The van der Waals surface area contributed by atoms with Crippen molar-refractivity contribution in [2.24, 2.45) is 0 Å². The first-order valence-corrected chi connectivity index (χ1v) is 8.84. The first kappa shape index (κ1) is 15.5. The Morgan fingerprint density at radius 3 is 2.60 bits per heavy atom. The van der Waals surface area contributed by atoms with Gasteiger partial charge < -0.3 is 5.32 Å². The summed E-state index contributed by atoms with van der Waals surface area (Å²) in [4.78, 5) is 0. The number of hydrogen-bond acceptors (Lipinski definition) is 3. The summed E-state index contributed by atoms with van der Waals surface area (Å²) in [7, 11) is -3.11. The van der Waals surface area contributed by atoms with Crippen molar-refractivity contribution in [1.82, 2.24) is 10.0 Å². The molecule has 1 fully saturated rings. The molecule has 1 saturated carbocycles. The third-order valence-corrected chi connectivity index (χ3v) is 5.20. The minimum atomic E-state index is -3.11. The van der Waals surface area contributed by atoms with Crippen LogP contribution in [0, 0.1) is 6.92 Å². The van der Waals surface area contributed by atoms with Gasteiger partial charge >= 0.3 is 0 Å². The summed E-state index contributed by atoms with van der Waals surface area (Å²) in [6.07, 6.45) is 2.22. The molecule has 0 radical (unpaired) electrons. The molecule has 5 heteroatoms. The maximum absolute atomic E-state index is 11.5. The summed E-state index contributed by atoms with van der Waals surface area (Å²) in [5, 5.41) is 3.58. The average molecular weight is 296 g/mol. The van der Waals surface area contributed by atoms with E-state index < -0.39 is 10.0 Å². The van der Waals surface area contributed by atoms with Crippen LogP contribution in [0.5, 0.6) is 0 Å². The molecular weight excluding hydrogens is 272 g/mol. The van der Waals surface area contributed by atoms with E-state index in [4.69, 9.17) is 0 Å². The summed E-state index contributed by atoms with van der Waals surface area (Å²) in [5.41, 5.74) is 2.61. The van der Waals surface area contributed by atoms with Gasteiger partial charge in [0.1, 0.15) is 0 Å². The largest absolute Gasteiger partial charge is 0.304 e. The highest BCUT2D eigenvalue weighted by Crippen LogP contribution is 2.45. The lowest BCUT2D eigenvalue weighted by Crippen LogP contribution is -2.44. The van der Waals surface area contributed by atoms with Crippen LogP contribution in [-0.4, -0.2) is 26.8 Å². The zero-order chi connectivity index (χ0) is 14.8. The monoisotopic (exact) mass is 296 g/mol. The standard InChI is InChI=1S/C15H24N2O2S/c1-4-20(18,19)16-11-13(3)17-15(8-9-15)14-7-5-6-12(2)10-14/h5-7,10,13,16-17H,4,8-9,11H2,1-3H3. The number of sulfonamides is 1. The van der Waals surface area contributed by atoms with Gasteiger partial charge in [-0.05, 0) is 39.2 Å². The second-order valence-corrected chi connectivity index (χ2v) is 7.84. The number of rotatable bonds is 7. The average Bonchev–Trinajstić information content (AvgIpc) is 3.18. The van der Waals surface area contributed by atoms with Gasteiger partial charge in [-0.1, -0.05) is 29.8 Å². The van der Waals surface area contributed by atoms with Crippen molar-refractivity contribution in [3.63, 3.8) is 0 Å². The second kappa shape index (κ2) is 5.84. The van der Waals surface area contributed by atoms with E-state index in [0.717, 1.165) is 12.8 Å². The van der Waals surface area contributed by atoms with E-state index in [1.54, 1.807) is 6.92 Å². The Morgan fingerprint density at radius 2 is 2.05 bits per heavy atom. The molecule has 1 aromatic rings. The van der Waals surface area contributed by atoms with Gasteiger partial charge in [0.25, 0.3) is 0 Å². The molecule has 0 amide bonds. The lowest BCUT2D eigenvalue weighted by molar-refractivity contribution is 0.434. The van der Waals surface area contributed by atoms with Crippen LogP contribution in [0.4, 0.5) is 0 Å². The van der Waals surface area contributed by atoms with Crippen LogP contribution in [0.1, 0.15) is 37.8 Å². The highest BCUT2D eigenvalue weighted by Gasteiger charge is 2.44. The molecule has 1 aliphatic rings. The van der Waals surface area contributed by atoms with Crippen LogP contribution >= 0.6 is 0 Å². The summed E-state index contributed by atoms with van der Waals surface area (Å²) in [6, 6.07) is 8.65. The third kappa shape index (κ3) is 3.81. The Labute approximate surface area is 122 Å². The Balaban J connectivity index is 1.96. The summed E-state index contributed by atoms with van der Waals surface area (Å²) in [5.74, 6) is 0.128. The lowest BCUT2D eigenvalue weighted by Gasteiger charge is -2.24. The van der Waals surface area contributed by atoms with Gasteiger partial charge in [0.15, 0.2) is 0 Å². The van der Waals surface area contributed by atoms with Crippen LogP contribution in [0.3, 0.4) is 0 Å². The van der Waals surface area contributed by atoms with E-state index in [9.17, 15) is 8.42 Å². The highest BCUT2D eigenvalue weighted by atomic mass is 32.2. The van der Waals surface area contributed by atoms with Crippen molar-refractivity contribution in [3.05, 3.63) is 35.4 Å². The number of hydrogen-bond donors (Lipinski definition) is 2. The molecular formula is C15H24N2O2S. The van der Waals surface area contributed by atoms with Crippen molar-refractivity contribution in [2.45, 2.75) is 45.2 Å². The molecule has 0 saturated heterocycles. The lowest BCUT2D eigenvalue weighted by atomic mass is 10.0. The van der Waals surface area contributed by atoms with Gasteiger partial charge in [-0.15, -0.1) is 0 Å². The topological polar surface area (TPSA) is 58.2 Å². The number of nitrogens with one attached hydrogen (secondary N) is 2. The quantitative estimate of drug-likeness (QED) is 0.808. The van der Waals surface area contributed by atoms with Gasteiger partial charge in [0, 0.05) is 18.1 Å². The van der Waals surface area contributed by atoms with Crippen LogP contribution in [0.2, 0.25) is 0 Å². The Kier molecular flexibility index (Phi) is 4.52. The molecule has 0 aromatic heterocycles. The van der Waals surface area contributed by atoms with Gasteiger partial charge in [-0.3, -0.25) is 0 Å². The zero-order valence-corrected chi connectivity index (χ0v) is 13.3. The molecule has 4 nitrogen and oxygen atoms in total. The van der Waals surface area contributed by atoms with E-state index in [0.29, 0.717) is 6.54 Å². The van der Waals surface area contributed by atoms with E-state index in [1.807, 2.05) is 6.92 Å². The van der Waals surface area contributed by atoms with Crippen molar-refractivity contribution in [2.75, 3.05) is 12.3 Å². The minimum absolute atomic E-state index is 0.0447. The predicted molar refractivity (Wildman–Crippen MR) is 82.2 cm³/mol. The second-order valence-electron chi connectivity index (χ2n) is 5.75. The minimum Gasteiger partial charge on any atom is -0.304 e. The van der Waals surface area contributed by atoms with Crippen molar-refractivity contribution in [3.8, 4) is 0 Å². The van der Waals surface area contributed by atoms with Crippen LogP contribution in [-0.2, 0) is 15.6 Å². The summed E-state index contributed by atoms with van der Waals surface area (Å²) >= 11 is 0. The summed E-state index contributed by atoms with van der Waals surface area (Å²) < 4.78 is 25.6. The maximum atomic E-state index is 11.5. The molecule has 2 rings (SSSR count). The molecule has 0 heterocycles. The molecule has 1 atom stereocenters. The Bertz CT molecular complexity index is 565. The van der Waals surface area contributed by atoms with Gasteiger partial charge in [0.05, 0.1) is 5.75 Å². The number of benzene rings is 1. The van der Waals surface area contributed by atoms with Crippen molar-refractivity contribution >= 4 is 10.0 Å². The van der Waals surface area contributed by atoms with Gasteiger partial charge in [-0.2, -0.15) is 0 Å². The van der Waals surface area contributed by atoms with Gasteiger partial charge in [-0.25, -0.2) is 13.1 Å². The van der Waals surface area contributed by atoms with Crippen LogP contribution in [0.25, 0.3) is 0 Å². The molecule has 112 valence electrons. The Morgan fingerprint density at radius 1 is 1.35 bits per heavy atom. The van der Waals surface area contributed by atoms with Crippen molar-refractivity contribution in [1.29, 1.82) is 0 Å². The SMILES string of the molecule is CCS(=O)(=O)NCC(C)NC1(c2cccc(C)c2)CC1. The first-order valence-electron chi connectivity index (χ1n) is 7.19. The molecule has 0 aliphatic heterocycles. The van der Waals surface area contributed by atoms with E-state index in [-0.39, 0.29) is 17.3 Å². The first-order chi connectivity index (χ1) is 9.37. The molecule has 20 heavy (non-hydrogen) atoms. The molecule has 0 bridgehead atoms. The zero-order valence-electron chi connectivity index (χ0n) is 12.4. The molecule has 1 aromatic carbocycles. The molecule has 1 aliphatic carbocycles. The van der Waals surface area contributed by atoms with Crippen LogP contribution in [0.15, 0.2) is 24.3 Å². The maximum Gasteiger partial charge on any atom is 0.211 e. The fraction of sp³-hybridized carbons (Fsp3) is 0.600. The van der Waals surface area contributed by atoms with E-state index >= 15 is 0 Å². The van der Waals surface area contributed by atoms with Crippen LogP contribution < -0.4 is 10.0 Å². The predicted octanol–water partition coefficient (Wildman–Crippen LogP) is 1.90. The van der Waals surface area contributed by atoms with Crippen molar-refractivity contribution < 1.29 is 8.42 Å². The normalized spacial score (nSPS) is 18.8. The molecule has 2 N–H and O–H groups in total. The fourth-order valence-corrected chi connectivity index (χ4v) is 3.17. The fourth-order valence-electron chi connectivity index (χ4n) is 2.46. The number of aryl methyl sites for hydroxylation is 1. The molecule has 1 unspecified atom stereocenters.